The maximum Gasteiger partial charge on any atom is 0.321 e. The minimum absolute atomic E-state index is 0.0488. The molecule has 0 atom stereocenters. The second-order valence-electron chi connectivity index (χ2n) is 3.40. The third-order valence-electron chi connectivity index (χ3n) is 1.89. The van der Waals surface area contributed by atoms with Crippen molar-refractivity contribution in [2.24, 2.45) is 0 Å². The molecule has 6 nitrogen and oxygen atoms in total. The molecule has 0 heterocycles. The predicted octanol–water partition coefficient (Wildman–Crippen LogP) is 0.820. The highest BCUT2D eigenvalue weighted by Crippen LogP contribution is 1.99. The van der Waals surface area contributed by atoms with Crippen LogP contribution in [0.1, 0.15) is 25.7 Å². The largest absolute Gasteiger partial charge is 0.481 e. The summed E-state index contributed by atoms with van der Waals surface area (Å²) in [6, 6.07) is -0.498. The molecule has 0 aliphatic carbocycles. The number of hydrogen-bond donors (Lipinski definition) is 3. The van der Waals surface area contributed by atoms with Crippen molar-refractivity contribution in [2.75, 3.05) is 18.6 Å². The van der Waals surface area contributed by atoms with Gasteiger partial charge in [0.05, 0.1) is 0 Å². The highest BCUT2D eigenvalue weighted by molar-refractivity contribution is 7.98. The van der Waals surface area contributed by atoms with Gasteiger partial charge in [0, 0.05) is 25.1 Å². The van der Waals surface area contributed by atoms with E-state index in [1.165, 1.54) is 0 Å². The molecule has 0 aromatic heterocycles. The van der Waals surface area contributed by atoms with Gasteiger partial charge in [-0.25, -0.2) is 4.79 Å². The summed E-state index contributed by atoms with van der Waals surface area (Å²) in [6.45, 7) is 0.513. The lowest BCUT2D eigenvalue weighted by Crippen LogP contribution is -2.40. The van der Waals surface area contributed by atoms with Crippen molar-refractivity contribution >= 4 is 29.7 Å². The molecular weight excluding hydrogens is 244 g/mol. The van der Waals surface area contributed by atoms with E-state index in [9.17, 15) is 14.4 Å². The first kappa shape index (κ1) is 15.8. The summed E-state index contributed by atoms with van der Waals surface area (Å²) in [5.74, 6) is -0.461. The zero-order valence-corrected chi connectivity index (χ0v) is 10.6. The number of carbonyl (C=O) groups is 3. The molecule has 0 aromatic rings. The molecule has 3 amide bonds. The Kier molecular flexibility index (Phi) is 9.22. The molecule has 17 heavy (non-hydrogen) atoms. The van der Waals surface area contributed by atoms with Crippen molar-refractivity contribution in [3.05, 3.63) is 0 Å². The maximum atomic E-state index is 11.2. The van der Waals surface area contributed by atoms with Crippen LogP contribution in [0.2, 0.25) is 0 Å². The lowest BCUT2D eigenvalue weighted by molar-refractivity contribution is -0.137. The molecule has 0 unspecified atom stereocenters. The molecule has 0 spiro atoms. The SMILES string of the molecule is CSCCNC(=O)NC(=O)CCCCC(=O)O. The number of carboxylic acid groups (broad SMARTS) is 1. The van der Waals surface area contributed by atoms with Gasteiger partial charge in [0.15, 0.2) is 0 Å². The number of aliphatic carboxylic acids is 1. The summed E-state index contributed by atoms with van der Waals surface area (Å²) in [5, 5.41) is 13.1. The van der Waals surface area contributed by atoms with Crippen molar-refractivity contribution in [3.63, 3.8) is 0 Å². The molecule has 0 aliphatic heterocycles. The summed E-state index contributed by atoms with van der Waals surface area (Å²) >= 11 is 1.60. The molecule has 7 heteroatoms. The van der Waals surface area contributed by atoms with Gasteiger partial charge in [0.25, 0.3) is 0 Å². The fourth-order valence-corrected chi connectivity index (χ4v) is 1.37. The van der Waals surface area contributed by atoms with Gasteiger partial charge in [0.2, 0.25) is 5.91 Å². The fourth-order valence-electron chi connectivity index (χ4n) is 1.06. The summed E-state index contributed by atoms with van der Waals surface area (Å²) in [4.78, 5) is 32.5. The first-order valence-electron chi connectivity index (χ1n) is 5.34. The Labute approximate surface area is 105 Å². The minimum atomic E-state index is -0.875. The summed E-state index contributed by atoms with van der Waals surface area (Å²) in [6.07, 6.45) is 3.05. The third kappa shape index (κ3) is 11.0. The number of carbonyl (C=O) groups excluding carboxylic acids is 2. The number of hydrogen-bond acceptors (Lipinski definition) is 4. The Morgan fingerprint density at radius 3 is 2.41 bits per heavy atom. The van der Waals surface area contributed by atoms with Crippen LogP contribution in [0.4, 0.5) is 4.79 Å². The van der Waals surface area contributed by atoms with Gasteiger partial charge in [-0.1, -0.05) is 0 Å². The normalized spacial score (nSPS) is 9.71. The Bertz CT molecular complexity index is 271. The van der Waals surface area contributed by atoms with Crippen molar-refractivity contribution in [1.29, 1.82) is 0 Å². The molecule has 0 rings (SSSR count). The zero-order valence-electron chi connectivity index (χ0n) is 9.82. The van der Waals surface area contributed by atoms with Crippen LogP contribution >= 0.6 is 11.8 Å². The number of nitrogens with one attached hydrogen (secondary N) is 2. The molecule has 3 N–H and O–H groups in total. The van der Waals surface area contributed by atoms with Crippen molar-refractivity contribution in [3.8, 4) is 0 Å². The lowest BCUT2D eigenvalue weighted by atomic mass is 10.2. The van der Waals surface area contributed by atoms with E-state index in [-0.39, 0.29) is 18.7 Å². The minimum Gasteiger partial charge on any atom is -0.481 e. The van der Waals surface area contributed by atoms with E-state index in [1.807, 2.05) is 6.26 Å². The van der Waals surface area contributed by atoms with E-state index < -0.39 is 12.0 Å². The van der Waals surface area contributed by atoms with Gasteiger partial charge in [-0.3, -0.25) is 14.9 Å². The standard InChI is InChI=1S/C10H18N2O4S/c1-17-7-6-11-10(16)12-8(13)4-2-3-5-9(14)15/h2-7H2,1H3,(H,14,15)(H2,11,12,13,16). The topological polar surface area (TPSA) is 95.5 Å². The maximum absolute atomic E-state index is 11.2. The van der Waals surface area contributed by atoms with Crippen molar-refractivity contribution in [1.82, 2.24) is 10.6 Å². The van der Waals surface area contributed by atoms with Crippen LogP contribution in [0.15, 0.2) is 0 Å². The lowest BCUT2D eigenvalue weighted by Gasteiger charge is -2.05. The van der Waals surface area contributed by atoms with E-state index >= 15 is 0 Å². The Hall–Kier alpha value is -1.24. The highest BCUT2D eigenvalue weighted by atomic mass is 32.2. The molecule has 0 bridgehead atoms. The number of thioether (sulfide) groups is 1. The van der Waals surface area contributed by atoms with Gasteiger partial charge in [-0.2, -0.15) is 11.8 Å². The number of imide groups is 1. The average Bonchev–Trinajstić information content (AvgIpc) is 2.24. The average molecular weight is 262 g/mol. The van der Waals surface area contributed by atoms with Gasteiger partial charge >= 0.3 is 12.0 Å². The van der Waals surface area contributed by atoms with Crippen LogP contribution in [-0.2, 0) is 9.59 Å². The number of rotatable bonds is 8. The van der Waals surface area contributed by atoms with E-state index in [0.29, 0.717) is 19.4 Å². The number of unbranched alkanes of at least 4 members (excludes halogenated alkanes) is 1. The first-order chi connectivity index (χ1) is 8.06. The van der Waals surface area contributed by atoms with Crippen LogP contribution < -0.4 is 10.6 Å². The predicted molar refractivity (Wildman–Crippen MR) is 66.0 cm³/mol. The molecule has 0 aliphatic rings. The van der Waals surface area contributed by atoms with Crippen molar-refractivity contribution in [2.45, 2.75) is 25.7 Å². The Morgan fingerprint density at radius 2 is 1.82 bits per heavy atom. The number of urea groups is 1. The van der Waals surface area contributed by atoms with E-state index in [0.717, 1.165) is 5.75 Å². The van der Waals surface area contributed by atoms with E-state index in [2.05, 4.69) is 10.6 Å². The molecule has 0 fully saturated rings. The van der Waals surface area contributed by atoms with Gasteiger partial charge in [-0.15, -0.1) is 0 Å². The third-order valence-corrected chi connectivity index (χ3v) is 2.50. The summed E-state index contributed by atoms with van der Waals surface area (Å²) < 4.78 is 0. The molecule has 0 aromatic carbocycles. The van der Waals surface area contributed by atoms with E-state index in [4.69, 9.17) is 5.11 Å². The van der Waals surface area contributed by atoms with Gasteiger partial charge in [0.1, 0.15) is 0 Å². The summed E-state index contributed by atoms with van der Waals surface area (Å²) in [7, 11) is 0. The monoisotopic (exact) mass is 262 g/mol. The van der Waals surface area contributed by atoms with Gasteiger partial charge in [-0.05, 0) is 19.1 Å². The Balaban J connectivity index is 3.50. The molecule has 0 saturated carbocycles. The first-order valence-corrected chi connectivity index (χ1v) is 6.74. The van der Waals surface area contributed by atoms with Crippen LogP contribution in [0.5, 0.6) is 0 Å². The fraction of sp³-hybridized carbons (Fsp3) is 0.700. The number of amides is 3. The Morgan fingerprint density at radius 1 is 1.18 bits per heavy atom. The van der Waals surface area contributed by atoms with Crippen LogP contribution in [0.25, 0.3) is 0 Å². The van der Waals surface area contributed by atoms with Gasteiger partial charge < -0.3 is 10.4 Å². The molecule has 0 saturated heterocycles. The van der Waals surface area contributed by atoms with E-state index in [1.54, 1.807) is 11.8 Å². The summed E-state index contributed by atoms with van der Waals surface area (Å²) in [5.41, 5.74) is 0. The second kappa shape index (κ2) is 9.95. The van der Waals surface area contributed by atoms with Crippen molar-refractivity contribution < 1.29 is 19.5 Å². The highest BCUT2D eigenvalue weighted by Gasteiger charge is 2.06. The van der Waals surface area contributed by atoms with Crippen LogP contribution in [0.3, 0.4) is 0 Å². The zero-order chi connectivity index (χ0) is 13.1. The second-order valence-corrected chi connectivity index (χ2v) is 4.38. The van der Waals surface area contributed by atoms with Crippen LogP contribution in [-0.4, -0.2) is 41.6 Å². The quantitative estimate of drug-likeness (QED) is 0.563. The number of carboxylic acids is 1. The molecule has 0 radical (unpaired) electrons. The molecular formula is C10H18N2O4S. The molecule has 98 valence electrons. The van der Waals surface area contributed by atoms with Crippen LogP contribution in [0, 0.1) is 0 Å². The smallest absolute Gasteiger partial charge is 0.321 e.